The maximum absolute atomic E-state index is 13.3. The van der Waals surface area contributed by atoms with Crippen LogP contribution in [-0.4, -0.2) is 56.1 Å². The van der Waals surface area contributed by atoms with Gasteiger partial charge in [-0.3, -0.25) is 4.79 Å². The smallest absolute Gasteiger partial charge is 0.373 e. The fourth-order valence-electron chi connectivity index (χ4n) is 7.52. The van der Waals surface area contributed by atoms with Crippen molar-refractivity contribution in [3.63, 3.8) is 0 Å². The molecule has 6 rings (SSSR count). The van der Waals surface area contributed by atoms with Gasteiger partial charge < -0.3 is 14.7 Å². The Kier molecular flexibility index (Phi) is 9.53. The number of carbonyl (C=O) groups is 1. The van der Waals surface area contributed by atoms with E-state index in [1.165, 1.54) is 11.1 Å². The fraction of sp³-hybridized carbons (Fsp3) is 0.529. The molecule has 11 heteroatoms. The second-order valence-electron chi connectivity index (χ2n) is 13.3. The van der Waals surface area contributed by atoms with Crippen molar-refractivity contribution in [1.82, 2.24) is 4.72 Å². The molecular weight excluding hydrogens is 616 g/mol. The first-order valence-corrected chi connectivity index (χ1v) is 17.5. The van der Waals surface area contributed by atoms with Gasteiger partial charge in [0.2, 0.25) is 10.0 Å². The Labute approximate surface area is 270 Å². The van der Waals surface area contributed by atoms with E-state index in [2.05, 4.69) is 21.8 Å². The molecule has 2 aliphatic heterocycles. The number of rotatable bonds is 0. The van der Waals surface area contributed by atoms with Crippen molar-refractivity contribution >= 4 is 39.4 Å². The standard InChI is InChI=1S/C33H41ClN2O5S.CO2/c1-21-6-4-14-32(3,38)27-11-8-25(27)18-36-19-33(15-5-7-23-16-26(34)10-12-28(23)33)20-41-30-13-9-24(17-29(30)36)31(37)35-42(39,40)22(21)2;2-1-3/h4,9-10,12-14,16-17,21-22,25,27,38H,5-8,11,15,18-20H2,1-3H3,(H,35,37);/b14-4+;/t21-,22+,25-,27+,32-,33-;/m0./s1. The maximum atomic E-state index is 13.3. The lowest BCUT2D eigenvalue weighted by atomic mass is 9.64. The molecule has 6 atom stereocenters. The highest BCUT2D eigenvalue weighted by Crippen LogP contribution is 2.48. The summed E-state index contributed by atoms with van der Waals surface area (Å²) in [6.45, 7) is 7.23. The number of aliphatic hydroxyl groups is 1. The summed E-state index contributed by atoms with van der Waals surface area (Å²) in [4.78, 5) is 31.9. The molecule has 0 unspecified atom stereocenters. The molecule has 9 nitrogen and oxygen atoms in total. The van der Waals surface area contributed by atoms with Gasteiger partial charge in [0.25, 0.3) is 5.91 Å². The first kappa shape index (κ1) is 33.2. The number of carbonyl (C=O) groups excluding carboxylic acids is 3. The highest BCUT2D eigenvalue weighted by molar-refractivity contribution is 7.90. The number of nitrogens with zero attached hydrogens (tertiary/aromatic N) is 1. The lowest BCUT2D eigenvalue weighted by Crippen LogP contribution is -2.51. The van der Waals surface area contributed by atoms with Crippen LogP contribution in [0.3, 0.4) is 0 Å². The number of hydrogen-bond acceptors (Lipinski definition) is 8. The Bertz CT molecular complexity index is 1620. The molecule has 4 aliphatic rings. The molecule has 2 heterocycles. The molecule has 0 radical (unpaired) electrons. The van der Waals surface area contributed by atoms with Crippen molar-refractivity contribution in [2.75, 3.05) is 24.6 Å². The van der Waals surface area contributed by atoms with Gasteiger partial charge in [0.05, 0.1) is 23.1 Å². The van der Waals surface area contributed by atoms with Crippen molar-refractivity contribution in [1.29, 1.82) is 0 Å². The van der Waals surface area contributed by atoms with Gasteiger partial charge in [-0.05, 0) is 112 Å². The number of halogens is 1. The Morgan fingerprint density at radius 1 is 1.13 bits per heavy atom. The number of ether oxygens (including phenoxy) is 1. The van der Waals surface area contributed by atoms with Crippen molar-refractivity contribution in [2.24, 2.45) is 17.8 Å². The summed E-state index contributed by atoms with van der Waals surface area (Å²) in [6, 6.07) is 11.4. The molecule has 2 aromatic rings. The highest BCUT2D eigenvalue weighted by Gasteiger charge is 2.46. The molecule has 2 aliphatic carbocycles. The molecule has 1 amide bonds. The van der Waals surface area contributed by atoms with Gasteiger partial charge in [-0.2, -0.15) is 9.59 Å². The van der Waals surface area contributed by atoms with E-state index in [-0.39, 0.29) is 34.9 Å². The van der Waals surface area contributed by atoms with Gasteiger partial charge in [-0.1, -0.05) is 36.7 Å². The van der Waals surface area contributed by atoms with Gasteiger partial charge in [0.1, 0.15) is 5.75 Å². The number of amides is 1. The van der Waals surface area contributed by atoms with Gasteiger partial charge in [0.15, 0.2) is 0 Å². The van der Waals surface area contributed by atoms with Crippen LogP contribution in [0.2, 0.25) is 5.02 Å². The Balaban J connectivity index is 0.00000128. The lowest BCUT2D eigenvalue weighted by Gasteiger charge is -2.48. The minimum atomic E-state index is -3.93. The minimum Gasteiger partial charge on any atom is -0.490 e. The van der Waals surface area contributed by atoms with E-state index in [1.54, 1.807) is 25.1 Å². The average Bonchev–Trinajstić information content (AvgIpc) is 3.11. The second kappa shape index (κ2) is 12.9. The van der Waals surface area contributed by atoms with Crippen LogP contribution in [-0.2, 0) is 31.4 Å². The molecule has 2 N–H and O–H groups in total. The second-order valence-corrected chi connectivity index (χ2v) is 15.8. The van der Waals surface area contributed by atoms with E-state index >= 15 is 0 Å². The molecule has 2 bridgehead atoms. The molecular formula is C34H41ClN2O7S. The van der Waals surface area contributed by atoms with E-state index in [0.29, 0.717) is 31.9 Å². The van der Waals surface area contributed by atoms with E-state index in [1.807, 2.05) is 32.1 Å². The SMILES string of the molecule is C[C@@H]1[C@@H](C)C/C=C/[C@](C)(O)[C@@H]2CC[C@H]2CN2C[C@@]3(CCCc4cc(Cl)ccc43)COc3ccc(cc32)C(=O)NS1(=O)=O.O=C=O. The van der Waals surface area contributed by atoms with Crippen LogP contribution in [0.5, 0.6) is 5.75 Å². The van der Waals surface area contributed by atoms with E-state index in [0.717, 1.165) is 42.8 Å². The molecule has 242 valence electrons. The third-order valence-electron chi connectivity index (χ3n) is 10.4. The van der Waals surface area contributed by atoms with Crippen molar-refractivity contribution in [3.05, 3.63) is 70.3 Å². The summed E-state index contributed by atoms with van der Waals surface area (Å²) in [5, 5.41) is 11.5. The van der Waals surface area contributed by atoms with Crippen molar-refractivity contribution in [3.8, 4) is 5.75 Å². The zero-order valence-electron chi connectivity index (χ0n) is 25.9. The lowest BCUT2D eigenvalue weighted by molar-refractivity contribution is -0.191. The summed E-state index contributed by atoms with van der Waals surface area (Å²) in [7, 11) is -3.93. The number of anilines is 1. The Morgan fingerprint density at radius 2 is 1.89 bits per heavy atom. The third kappa shape index (κ3) is 6.70. The molecule has 0 saturated heterocycles. The topological polar surface area (TPSA) is 130 Å². The number of fused-ring (bicyclic) bond motifs is 4. The van der Waals surface area contributed by atoms with Crippen LogP contribution < -0.4 is 14.4 Å². The zero-order valence-corrected chi connectivity index (χ0v) is 27.5. The monoisotopic (exact) mass is 656 g/mol. The van der Waals surface area contributed by atoms with Crippen molar-refractivity contribution in [2.45, 2.75) is 75.6 Å². The van der Waals surface area contributed by atoms with E-state index in [4.69, 9.17) is 25.9 Å². The largest absolute Gasteiger partial charge is 0.490 e. The van der Waals surface area contributed by atoms with Gasteiger partial charge in [-0.15, -0.1) is 0 Å². The highest BCUT2D eigenvalue weighted by atomic mass is 35.5. The first-order valence-electron chi connectivity index (χ1n) is 15.6. The number of aryl methyl sites for hydroxylation is 1. The maximum Gasteiger partial charge on any atom is 0.373 e. The quantitative estimate of drug-likeness (QED) is 0.377. The first-order chi connectivity index (χ1) is 21.3. The third-order valence-corrected chi connectivity index (χ3v) is 12.6. The molecule has 1 fully saturated rings. The molecule has 1 spiro atoms. The van der Waals surface area contributed by atoms with Crippen molar-refractivity contribution < 1.29 is 32.6 Å². The molecule has 2 aromatic carbocycles. The summed E-state index contributed by atoms with van der Waals surface area (Å²) < 4.78 is 35.2. The summed E-state index contributed by atoms with van der Waals surface area (Å²) in [6.07, 6.45) is 9.37. The van der Waals surface area contributed by atoms with Crippen LogP contribution in [0.15, 0.2) is 48.6 Å². The molecule has 45 heavy (non-hydrogen) atoms. The van der Waals surface area contributed by atoms with Crippen LogP contribution in [0, 0.1) is 17.8 Å². The van der Waals surface area contributed by atoms with E-state index < -0.39 is 26.8 Å². The number of nitrogens with one attached hydrogen (secondary N) is 1. The molecule has 0 aromatic heterocycles. The summed E-state index contributed by atoms with van der Waals surface area (Å²) >= 11 is 6.39. The van der Waals surface area contributed by atoms with Gasteiger partial charge >= 0.3 is 6.15 Å². The normalized spacial score (nSPS) is 32.9. The Morgan fingerprint density at radius 3 is 2.60 bits per heavy atom. The van der Waals surface area contributed by atoms with Crippen LogP contribution in [0.4, 0.5) is 5.69 Å². The number of benzene rings is 2. The predicted octanol–water partition coefficient (Wildman–Crippen LogP) is 5.05. The average molecular weight is 657 g/mol. The van der Waals surface area contributed by atoms with Gasteiger partial charge in [0, 0.05) is 29.1 Å². The summed E-state index contributed by atoms with van der Waals surface area (Å²) in [5.41, 5.74) is 2.30. The number of hydrogen-bond donors (Lipinski definition) is 2. The number of allylic oxidation sites excluding steroid dienone is 1. The zero-order chi connectivity index (χ0) is 32.6. The van der Waals surface area contributed by atoms with E-state index in [9.17, 15) is 18.3 Å². The van der Waals surface area contributed by atoms with Crippen LogP contribution in [0.25, 0.3) is 0 Å². The van der Waals surface area contributed by atoms with Crippen LogP contribution in [0.1, 0.15) is 74.4 Å². The van der Waals surface area contributed by atoms with Gasteiger partial charge in [-0.25, -0.2) is 13.1 Å². The number of sulfonamides is 1. The minimum absolute atomic E-state index is 0.0746. The summed E-state index contributed by atoms with van der Waals surface area (Å²) in [5.74, 6) is 0.125. The fourth-order valence-corrected chi connectivity index (χ4v) is 9.00. The predicted molar refractivity (Wildman–Crippen MR) is 171 cm³/mol. The van der Waals surface area contributed by atoms with Crippen LogP contribution >= 0.6 is 11.6 Å². The Hall–Kier alpha value is -3.17. The molecule has 1 saturated carbocycles.